The van der Waals surface area contributed by atoms with Gasteiger partial charge in [0.25, 0.3) is 0 Å². The first-order valence-corrected chi connectivity index (χ1v) is 3.57. The summed E-state index contributed by atoms with van der Waals surface area (Å²) in [5.41, 5.74) is 0. The Kier molecular flexibility index (Phi) is 2.09. The van der Waals surface area contributed by atoms with Crippen molar-refractivity contribution < 1.29 is 5.11 Å². The van der Waals surface area contributed by atoms with Crippen LogP contribution < -0.4 is 0 Å². The zero-order valence-corrected chi connectivity index (χ0v) is 6.17. The minimum Gasteiger partial charge on any atom is -0.396 e. The fourth-order valence-corrected chi connectivity index (χ4v) is 1.42. The van der Waals surface area contributed by atoms with Crippen LogP contribution in [-0.2, 0) is 0 Å². The van der Waals surface area contributed by atoms with Gasteiger partial charge in [0.2, 0.25) is 0 Å². The van der Waals surface area contributed by atoms with Gasteiger partial charge in [0, 0.05) is 12.6 Å². The Morgan fingerprint density at radius 2 is 2.33 bits per heavy atom. The number of nitrogens with zero attached hydrogens (tertiary/aromatic N) is 1. The van der Waals surface area contributed by atoms with Crippen molar-refractivity contribution in [2.75, 3.05) is 20.2 Å². The molecule has 1 aliphatic heterocycles. The van der Waals surface area contributed by atoms with Crippen LogP contribution in [0.2, 0.25) is 0 Å². The van der Waals surface area contributed by atoms with E-state index in [2.05, 4.69) is 18.9 Å². The Hall–Kier alpha value is -0.0800. The summed E-state index contributed by atoms with van der Waals surface area (Å²) < 4.78 is 0. The standard InChI is InChI=1S/C7H15NO/c1-6-7(5-9)3-4-8(6)2/h6-7,9H,3-5H2,1-2H3/t6-,7+/m1/s1. The molecule has 0 aromatic rings. The maximum absolute atomic E-state index is 8.83. The second-order valence-electron chi connectivity index (χ2n) is 2.95. The molecular weight excluding hydrogens is 114 g/mol. The van der Waals surface area contributed by atoms with Crippen LogP contribution in [0.5, 0.6) is 0 Å². The lowest BCUT2D eigenvalue weighted by atomic mass is 10.0. The quantitative estimate of drug-likeness (QED) is 0.551. The number of aliphatic hydroxyl groups excluding tert-OH is 1. The number of hydrogen-bond acceptors (Lipinski definition) is 2. The highest BCUT2D eigenvalue weighted by atomic mass is 16.3. The zero-order valence-electron chi connectivity index (χ0n) is 6.17. The molecule has 2 nitrogen and oxygen atoms in total. The largest absolute Gasteiger partial charge is 0.396 e. The predicted molar refractivity (Wildman–Crippen MR) is 37.3 cm³/mol. The molecule has 0 radical (unpaired) electrons. The molecule has 2 heteroatoms. The van der Waals surface area contributed by atoms with E-state index in [1.54, 1.807) is 0 Å². The second kappa shape index (κ2) is 2.67. The summed E-state index contributed by atoms with van der Waals surface area (Å²) in [4.78, 5) is 2.29. The molecule has 1 fully saturated rings. The molecule has 1 aliphatic rings. The van der Waals surface area contributed by atoms with Crippen molar-refractivity contribution in [1.82, 2.24) is 4.90 Å². The molecule has 0 saturated carbocycles. The van der Waals surface area contributed by atoms with Crippen molar-refractivity contribution in [1.29, 1.82) is 0 Å². The Morgan fingerprint density at radius 1 is 1.67 bits per heavy atom. The van der Waals surface area contributed by atoms with Gasteiger partial charge >= 0.3 is 0 Å². The third-order valence-corrected chi connectivity index (χ3v) is 2.46. The fourth-order valence-electron chi connectivity index (χ4n) is 1.42. The molecular formula is C7H15NO. The minimum absolute atomic E-state index is 0.353. The summed E-state index contributed by atoms with van der Waals surface area (Å²) in [5, 5.41) is 8.83. The van der Waals surface area contributed by atoms with Gasteiger partial charge in [0.05, 0.1) is 0 Å². The Morgan fingerprint density at radius 3 is 2.56 bits per heavy atom. The molecule has 1 saturated heterocycles. The van der Waals surface area contributed by atoms with Crippen LogP contribution in [0.1, 0.15) is 13.3 Å². The van der Waals surface area contributed by atoms with E-state index in [0.29, 0.717) is 18.6 Å². The summed E-state index contributed by atoms with van der Waals surface area (Å²) in [5.74, 6) is 0.523. The van der Waals surface area contributed by atoms with E-state index >= 15 is 0 Å². The summed E-state index contributed by atoms with van der Waals surface area (Å²) in [7, 11) is 2.11. The average molecular weight is 129 g/mol. The lowest BCUT2D eigenvalue weighted by Gasteiger charge is -2.17. The molecule has 1 N–H and O–H groups in total. The number of hydrogen-bond donors (Lipinski definition) is 1. The molecule has 0 aromatic heterocycles. The lowest BCUT2D eigenvalue weighted by Crippen LogP contribution is -2.27. The number of aliphatic hydroxyl groups is 1. The van der Waals surface area contributed by atoms with E-state index in [-0.39, 0.29) is 0 Å². The first-order chi connectivity index (χ1) is 4.25. The Balaban J connectivity index is 2.41. The molecule has 0 aromatic carbocycles. The number of likely N-dealkylation sites (tertiary alicyclic amines) is 1. The maximum atomic E-state index is 8.83. The summed E-state index contributed by atoms with van der Waals surface area (Å²) in [6, 6.07) is 0.579. The topological polar surface area (TPSA) is 23.5 Å². The third kappa shape index (κ3) is 1.25. The van der Waals surface area contributed by atoms with Crippen LogP contribution in [0.15, 0.2) is 0 Å². The van der Waals surface area contributed by atoms with Gasteiger partial charge in [-0.1, -0.05) is 0 Å². The van der Waals surface area contributed by atoms with Gasteiger partial charge in [0.15, 0.2) is 0 Å². The van der Waals surface area contributed by atoms with Gasteiger partial charge in [-0.25, -0.2) is 0 Å². The van der Waals surface area contributed by atoms with Crippen molar-refractivity contribution in [2.24, 2.45) is 5.92 Å². The highest BCUT2D eigenvalue weighted by molar-refractivity contribution is 4.80. The summed E-state index contributed by atoms with van der Waals surface area (Å²) >= 11 is 0. The maximum Gasteiger partial charge on any atom is 0.0474 e. The van der Waals surface area contributed by atoms with Gasteiger partial charge in [0.1, 0.15) is 0 Å². The van der Waals surface area contributed by atoms with Crippen molar-refractivity contribution in [3.63, 3.8) is 0 Å². The molecule has 2 atom stereocenters. The van der Waals surface area contributed by atoms with E-state index in [9.17, 15) is 0 Å². The van der Waals surface area contributed by atoms with Crippen molar-refractivity contribution in [2.45, 2.75) is 19.4 Å². The van der Waals surface area contributed by atoms with E-state index < -0.39 is 0 Å². The molecule has 0 aliphatic carbocycles. The highest BCUT2D eigenvalue weighted by Gasteiger charge is 2.26. The van der Waals surface area contributed by atoms with E-state index in [4.69, 9.17) is 5.11 Å². The van der Waals surface area contributed by atoms with Crippen LogP contribution in [0.4, 0.5) is 0 Å². The summed E-state index contributed by atoms with van der Waals surface area (Å²) in [6.07, 6.45) is 1.16. The van der Waals surface area contributed by atoms with Crippen molar-refractivity contribution >= 4 is 0 Å². The predicted octanol–water partition coefficient (Wildman–Crippen LogP) is 0.319. The first-order valence-electron chi connectivity index (χ1n) is 3.57. The van der Waals surface area contributed by atoms with Gasteiger partial charge in [-0.3, -0.25) is 0 Å². The molecule has 0 unspecified atom stereocenters. The van der Waals surface area contributed by atoms with Gasteiger partial charge < -0.3 is 10.0 Å². The highest BCUT2D eigenvalue weighted by Crippen LogP contribution is 2.20. The van der Waals surface area contributed by atoms with Crippen LogP contribution in [0.3, 0.4) is 0 Å². The fraction of sp³-hybridized carbons (Fsp3) is 1.00. The second-order valence-corrected chi connectivity index (χ2v) is 2.95. The van der Waals surface area contributed by atoms with Crippen molar-refractivity contribution in [3.05, 3.63) is 0 Å². The van der Waals surface area contributed by atoms with Gasteiger partial charge in [-0.2, -0.15) is 0 Å². The van der Waals surface area contributed by atoms with Gasteiger partial charge in [-0.15, -0.1) is 0 Å². The molecule has 9 heavy (non-hydrogen) atoms. The van der Waals surface area contributed by atoms with Crippen LogP contribution >= 0.6 is 0 Å². The Labute approximate surface area is 56.5 Å². The molecule has 0 amide bonds. The Bertz CT molecular complexity index is 94.9. The summed E-state index contributed by atoms with van der Waals surface area (Å²) in [6.45, 7) is 3.67. The van der Waals surface area contributed by atoms with E-state index in [0.717, 1.165) is 13.0 Å². The normalized spacial score (nSPS) is 37.7. The SMILES string of the molecule is C[C@@H]1[C@H](CO)CCN1C. The molecule has 1 heterocycles. The first kappa shape index (κ1) is 7.03. The molecule has 1 rings (SSSR count). The lowest BCUT2D eigenvalue weighted by molar-refractivity contribution is 0.191. The monoisotopic (exact) mass is 129 g/mol. The van der Waals surface area contributed by atoms with Crippen LogP contribution in [0.25, 0.3) is 0 Å². The smallest absolute Gasteiger partial charge is 0.0474 e. The van der Waals surface area contributed by atoms with Crippen molar-refractivity contribution in [3.8, 4) is 0 Å². The van der Waals surface area contributed by atoms with E-state index in [1.807, 2.05) is 0 Å². The minimum atomic E-state index is 0.353. The third-order valence-electron chi connectivity index (χ3n) is 2.46. The van der Waals surface area contributed by atoms with Crippen LogP contribution in [0, 0.1) is 5.92 Å². The van der Waals surface area contributed by atoms with Crippen LogP contribution in [-0.4, -0.2) is 36.2 Å². The number of rotatable bonds is 1. The molecule has 0 bridgehead atoms. The van der Waals surface area contributed by atoms with Gasteiger partial charge in [-0.05, 0) is 32.9 Å². The average Bonchev–Trinajstić information content (AvgIpc) is 2.15. The molecule has 0 spiro atoms. The molecule has 54 valence electrons. The zero-order chi connectivity index (χ0) is 6.85. The van der Waals surface area contributed by atoms with E-state index in [1.165, 1.54) is 0 Å².